The number of H-pyrrole nitrogens is 1. The lowest BCUT2D eigenvalue weighted by atomic mass is 10.0. The number of aromatic amines is 1. The van der Waals surface area contributed by atoms with E-state index in [1.807, 2.05) is 12.1 Å². The first kappa shape index (κ1) is 12.1. The summed E-state index contributed by atoms with van der Waals surface area (Å²) in [7, 11) is 0. The van der Waals surface area contributed by atoms with Crippen molar-refractivity contribution in [1.82, 2.24) is 10.2 Å². The Morgan fingerprint density at radius 1 is 1.38 bits per heavy atom. The molecule has 0 saturated heterocycles. The summed E-state index contributed by atoms with van der Waals surface area (Å²) in [6.45, 7) is 4.34. The molecule has 2 nitrogen and oxygen atoms in total. The highest BCUT2D eigenvalue weighted by Gasteiger charge is 2.15. The quantitative estimate of drug-likeness (QED) is 0.747. The zero-order valence-corrected chi connectivity index (χ0v) is 12.8. The summed E-state index contributed by atoms with van der Waals surface area (Å²) >= 11 is 5.77. The number of benzene rings is 1. The highest BCUT2D eigenvalue weighted by molar-refractivity contribution is 14.1. The molecule has 2 aromatic rings. The predicted molar refractivity (Wildman–Crippen MR) is 78.5 cm³/mol. The van der Waals surface area contributed by atoms with Gasteiger partial charge in [0.1, 0.15) is 3.70 Å². The van der Waals surface area contributed by atoms with Crippen LogP contribution < -0.4 is 0 Å². The molecule has 0 aliphatic rings. The van der Waals surface area contributed by atoms with Crippen LogP contribution in [-0.4, -0.2) is 10.2 Å². The Kier molecular flexibility index (Phi) is 3.69. The molecule has 0 radical (unpaired) electrons. The molecule has 1 N–H and O–H groups in total. The van der Waals surface area contributed by atoms with Crippen LogP contribution >= 0.6 is 38.5 Å². The van der Waals surface area contributed by atoms with Gasteiger partial charge in [-0.3, -0.25) is 5.10 Å². The Morgan fingerprint density at radius 3 is 2.75 bits per heavy atom. The van der Waals surface area contributed by atoms with Crippen molar-refractivity contribution in [2.75, 3.05) is 0 Å². The zero-order chi connectivity index (χ0) is 11.7. The van der Waals surface area contributed by atoms with Gasteiger partial charge in [-0.15, -0.1) is 0 Å². The SMILES string of the molecule is CC(C)c1[nH]nc(I)c1-c1cccc(Br)c1. The number of hydrogen-bond donors (Lipinski definition) is 1. The van der Waals surface area contributed by atoms with Crippen LogP contribution in [0.5, 0.6) is 0 Å². The van der Waals surface area contributed by atoms with Gasteiger partial charge >= 0.3 is 0 Å². The normalized spacial score (nSPS) is 11.1. The summed E-state index contributed by atoms with van der Waals surface area (Å²) in [5.41, 5.74) is 3.62. The molecule has 0 spiro atoms. The fourth-order valence-electron chi connectivity index (χ4n) is 1.67. The molecule has 1 aromatic heterocycles. The van der Waals surface area contributed by atoms with Crippen molar-refractivity contribution < 1.29 is 0 Å². The first-order valence-corrected chi connectivity index (χ1v) is 6.96. The second kappa shape index (κ2) is 4.87. The van der Waals surface area contributed by atoms with Gasteiger partial charge in [-0.05, 0) is 46.2 Å². The van der Waals surface area contributed by atoms with Crippen molar-refractivity contribution in [3.05, 3.63) is 38.1 Å². The summed E-state index contributed by atoms with van der Waals surface area (Å²) < 4.78 is 2.12. The molecule has 2 rings (SSSR count). The number of rotatable bonds is 2. The van der Waals surface area contributed by atoms with Gasteiger partial charge in [0.05, 0.1) is 0 Å². The van der Waals surface area contributed by atoms with Crippen molar-refractivity contribution in [1.29, 1.82) is 0 Å². The van der Waals surface area contributed by atoms with E-state index in [0.717, 1.165) is 8.17 Å². The lowest BCUT2D eigenvalue weighted by Gasteiger charge is -2.07. The van der Waals surface area contributed by atoms with Crippen LogP contribution in [0.25, 0.3) is 11.1 Å². The molecule has 4 heteroatoms. The van der Waals surface area contributed by atoms with Crippen molar-refractivity contribution in [3.63, 3.8) is 0 Å². The Morgan fingerprint density at radius 2 is 2.12 bits per heavy atom. The van der Waals surface area contributed by atoms with Crippen molar-refractivity contribution in [2.24, 2.45) is 0 Å². The molecule has 0 saturated carbocycles. The fraction of sp³-hybridized carbons (Fsp3) is 0.250. The Balaban J connectivity index is 2.59. The van der Waals surface area contributed by atoms with Gasteiger partial charge in [-0.25, -0.2) is 0 Å². The minimum atomic E-state index is 0.449. The molecule has 1 aromatic carbocycles. The van der Waals surface area contributed by atoms with Crippen LogP contribution in [0, 0.1) is 3.70 Å². The van der Waals surface area contributed by atoms with E-state index in [1.165, 1.54) is 16.8 Å². The summed E-state index contributed by atoms with van der Waals surface area (Å²) in [5.74, 6) is 0.449. The molecular weight excluding hydrogens is 379 g/mol. The number of halogens is 2. The van der Waals surface area contributed by atoms with Gasteiger partial charge in [-0.2, -0.15) is 5.10 Å². The average Bonchev–Trinajstić information content (AvgIpc) is 2.60. The largest absolute Gasteiger partial charge is 0.281 e. The summed E-state index contributed by atoms with van der Waals surface area (Å²) in [6.07, 6.45) is 0. The lowest BCUT2D eigenvalue weighted by molar-refractivity contribution is 0.811. The smallest absolute Gasteiger partial charge is 0.131 e. The minimum absolute atomic E-state index is 0.449. The molecule has 0 unspecified atom stereocenters. The maximum atomic E-state index is 4.29. The number of hydrogen-bond acceptors (Lipinski definition) is 1. The summed E-state index contributed by atoms with van der Waals surface area (Å²) in [5, 5.41) is 7.41. The molecule has 0 bridgehead atoms. The summed E-state index contributed by atoms with van der Waals surface area (Å²) in [6, 6.07) is 8.32. The molecule has 1 heterocycles. The molecule has 0 fully saturated rings. The molecule has 16 heavy (non-hydrogen) atoms. The summed E-state index contributed by atoms with van der Waals surface area (Å²) in [4.78, 5) is 0. The van der Waals surface area contributed by atoms with E-state index in [0.29, 0.717) is 5.92 Å². The molecular formula is C12H12BrIN2. The van der Waals surface area contributed by atoms with Crippen LogP contribution in [0.3, 0.4) is 0 Å². The Hall–Kier alpha value is -0.360. The van der Waals surface area contributed by atoms with Crippen molar-refractivity contribution >= 4 is 38.5 Å². The molecule has 0 aliphatic carbocycles. The second-order valence-corrected chi connectivity index (χ2v) is 5.91. The first-order chi connectivity index (χ1) is 7.59. The average molecular weight is 391 g/mol. The number of aromatic nitrogens is 2. The third-order valence-electron chi connectivity index (χ3n) is 2.44. The minimum Gasteiger partial charge on any atom is -0.281 e. The van der Waals surface area contributed by atoms with Gasteiger partial charge in [0, 0.05) is 15.7 Å². The zero-order valence-electron chi connectivity index (χ0n) is 9.09. The van der Waals surface area contributed by atoms with Crippen molar-refractivity contribution in [3.8, 4) is 11.1 Å². The standard InChI is InChI=1S/C12H12BrIN2/c1-7(2)11-10(12(14)16-15-11)8-4-3-5-9(13)6-8/h3-7H,1-2H3,(H,15,16). The van der Waals surface area contributed by atoms with E-state index < -0.39 is 0 Å². The van der Waals surface area contributed by atoms with Gasteiger partial charge in [0.15, 0.2) is 0 Å². The van der Waals surface area contributed by atoms with E-state index in [2.05, 4.69) is 74.7 Å². The van der Waals surface area contributed by atoms with Gasteiger partial charge < -0.3 is 0 Å². The van der Waals surface area contributed by atoms with Crippen LogP contribution in [0.1, 0.15) is 25.5 Å². The van der Waals surface area contributed by atoms with E-state index in [4.69, 9.17) is 0 Å². The fourth-order valence-corrected chi connectivity index (χ4v) is 2.79. The van der Waals surface area contributed by atoms with Crippen LogP contribution in [-0.2, 0) is 0 Å². The highest BCUT2D eigenvalue weighted by atomic mass is 127. The van der Waals surface area contributed by atoms with E-state index in [1.54, 1.807) is 0 Å². The molecule has 0 amide bonds. The van der Waals surface area contributed by atoms with Gasteiger partial charge in [-0.1, -0.05) is 41.9 Å². The van der Waals surface area contributed by atoms with Crippen LogP contribution in [0.15, 0.2) is 28.7 Å². The second-order valence-electron chi connectivity index (χ2n) is 3.97. The monoisotopic (exact) mass is 390 g/mol. The van der Waals surface area contributed by atoms with Gasteiger partial charge in [0.2, 0.25) is 0 Å². The third kappa shape index (κ3) is 2.32. The van der Waals surface area contributed by atoms with Gasteiger partial charge in [0.25, 0.3) is 0 Å². The maximum absolute atomic E-state index is 4.29. The molecule has 0 atom stereocenters. The van der Waals surface area contributed by atoms with Crippen molar-refractivity contribution in [2.45, 2.75) is 19.8 Å². The van der Waals surface area contributed by atoms with E-state index in [9.17, 15) is 0 Å². The van der Waals surface area contributed by atoms with E-state index in [-0.39, 0.29) is 0 Å². The topological polar surface area (TPSA) is 28.7 Å². The predicted octanol–water partition coefficient (Wildman–Crippen LogP) is 4.57. The lowest BCUT2D eigenvalue weighted by Crippen LogP contribution is -1.91. The maximum Gasteiger partial charge on any atom is 0.131 e. The Labute approximate surface area is 117 Å². The van der Waals surface area contributed by atoms with Crippen LogP contribution in [0.2, 0.25) is 0 Å². The molecule has 84 valence electrons. The van der Waals surface area contributed by atoms with Crippen LogP contribution in [0.4, 0.5) is 0 Å². The van der Waals surface area contributed by atoms with E-state index >= 15 is 0 Å². The molecule has 0 aliphatic heterocycles. The first-order valence-electron chi connectivity index (χ1n) is 5.09. The highest BCUT2D eigenvalue weighted by Crippen LogP contribution is 2.32. The number of nitrogens with zero attached hydrogens (tertiary/aromatic N) is 1. The third-order valence-corrected chi connectivity index (χ3v) is 3.71. The number of nitrogens with one attached hydrogen (secondary N) is 1. The Bertz CT molecular complexity index is 505.